The van der Waals surface area contributed by atoms with Crippen LogP contribution in [-0.4, -0.2) is 10.2 Å². The van der Waals surface area contributed by atoms with Crippen LogP contribution in [0.1, 0.15) is 16.8 Å². The van der Waals surface area contributed by atoms with E-state index in [1.54, 1.807) is 17.8 Å². The number of aryl methyl sites for hydroxylation is 2. The Labute approximate surface area is 110 Å². The Balaban J connectivity index is 2.02. The molecule has 1 heterocycles. The summed E-state index contributed by atoms with van der Waals surface area (Å²) in [6.07, 6.45) is 0. The Morgan fingerprint density at radius 1 is 1.06 bits per heavy atom. The molecule has 0 saturated heterocycles. The van der Waals surface area contributed by atoms with Crippen molar-refractivity contribution >= 4 is 23.4 Å². The van der Waals surface area contributed by atoms with Crippen LogP contribution in [0.5, 0.6) is 0 Å². The Bertz CT molecular complexity index is 511. The molecule has 0 spiro atoms. The van der Waals surface area contributed by atoms with Crippen LogP contribution in [0, 0.1) is 13.8 Å². The van der Waals surface area contributed by atoms with Crippen molar-refractivity contribution in [1.29, 1.82) is 0 Å². The van der Waals surface area contributed by atoms with E-state index in [0.717, 1.165) is 11.4 Å². The molecule has 88 valence electrons. The zero-order chi connectivity index (χ0) is 12.3. The second-order valence-corrected chi connectivity index (χ2v) is 5.32. The first-order valence-corrected chi connectivity index (χ1v) is 6.69. The SMILES string of the molecule is Cc1ccc(SCc2ccc(Cl)nn2)cc1C. The van der Waals surface area contributed by atoms with Gasteiger partial charge in [0.05, 0.1) is 5.69 Å². The van der Waals surface area contributed by atoms with Gasteiger partial charge in [-0.2, -0.15) is 5.10 Å². The highest BCUT2D eigenvalue weighted by atomic mass is 35.5. The number of hydrogen-bond acceptors (Lipinski definition) is 3. The number of hydrogen-bond donors (Lipinski definition) is 0. The monoisotopic (exact) mass is 264 g/mol. The molecule has 0 bridgehead atoms. The van der Waals surface area contributed by atoms with Crippen LogP contribution >= 0.6 is 23.4 Å². The Hall–Kier alpha value is -1.06. The van der Waals surface area contributed by atoms with E-state index in [0.29, 0.717) is 5.15 Å². The zero-order valence-electron chi connectivity index (χ0n) is 9.77. The maximum absolute atomic E-state index is 5.69. The van der Waals surface area contributed by atoms with Crippen molar-refractivity contribution in [2.75, 3.05) is 0 Å². The molecule has 2 aromatic rings. The predicted octanol–water partition coefficient (Wildman–Crippen LogP) is 4.04. The van der Waals surface area contributed by atoms with Crippen LogP contribution in [0.4, 0.5) is 0 Å². The summed E-state index contributed by atoms with van der Waals surface area (Å²) < 4.78 is 0. The van der Waals surface area contributed by atoms with E-state index in [2.05, 4.69) is 42.2 Å². The molecule has 0 radical (unpaired) electrons. The number of nitrogens with zero attached hydrogens (tertiary/aromatic N) is 2. The molecule has 0 atom stereocenters. The summed E-state index contributed by atoms with van der Waals surface area (Å²) in [6.45, 7) is 4.25. The summed E-state index contributed by atoms with van der Waals surface area (Å²) >= 11 is 7.44. The van der Waals surface area contributed by atoms with E-state index in [4.69, 9.17) is 11.6 Å². The molecule has 1 aromatic carbocycles. The molecule has 0 fully saturated rings. The van der Waals surface area contributed by atoms with Crippen LogP contribution in [0.15, 0.2) is 35.2 Å². The molecular formula is C13H13ClN2S. The standard InChI is InChI=1S/C13H13ClN2S/c1-9-3-5-12(7-10(9)2)17-8-11-4-6-13(14)16-15-11/h3-7H,8H2,1-2H3. The molecule has 1 aromatic heterocycles. The van der Waals surface area contributed by atoms with Crippen molar-refractivity contribution in [1.82, 2.24) is 10.2 Å². The quantitative estimate of drug-likeness (QED) is 0.783. The number of aromatic nitrogens is 2. The molecule has 0 saturated carbocycles. The van der Waals surface area contributed by atoms with Crippen molar-refractivity contribution in [3.63, 3.8) is 0 Å². The summed E-state index contributed by atoms with van der Waals surface area (Å²) in [4.78, 5) is 1.25. The van der Waals surface area contributed by atoms with Crippen molar-refractivity contribution in [3.05, 3.63) is 52.3 Å². The van der Waals surface area contributed by atoms with Crippen LogP contribution in [0.3, 0.4) is 0 Å². The van der Waals surface area contributed by atoms with Gasteiger partial charge >= 0.3 is 0 Å². The molecule has 2 rings (SSSR count). The lowest BCUT2D eigenvalue weighted by Gasteiger charge is -2.04. The topological polar surface area (TPSA) is 25.8 Å². The number of benzene rings is 1. The van der Waals surface area contributed by atoms with Crippen molar-refractivity contribution in [2.24, 2.45) is 0 Å². The predicted molar refractivity (Wildman–Crippen MR) is 72.5 cm³/mol. The Morgan fingerprint density at radius 3 is 2.53 bits per heavy atom. The fourth-order valence-corrected chi connectivity index (χ4v) is 2.38. The van der Waals surface area contributed by atoms with Crippen LogP contribution in [0.25, 0.3) is 0 Å². The van der Waals surface area contributed by atoms with E-state index >= 15 is 0 Å². The largest absolute Gasteiger partial charge is 0.153 e. The molecule has 0 amide bonds. The average Bonchev–Trinajstić information content (AvgIpc) is 2.33. The van der Waals surface area contributed by atoms with E-state index in [1.165, 1.54) is 16.0 Å². The van der Waals surface area contributed by atoms with E-state index in [1.807, 2.05) is 6.07 Å². The highest BCUT2D eigenvalue weighted by Gasteiger charge is 2.00. The van der Waals surface area contributed by atoms with Crippen molar-refractivity contribution in [3.8, 4) is 0 Å². The summed E-state index contributed by atoms with van der Waals surface area (Å²) in [5, 5.41) is 8.29. The van der Waals surface area contributed by atoms with E-state index in [-0.39, 0.29) is 0 Å². The summed E-state index contributed by atoms with van der Waals surface area (Å²) in [5.74, 6) is 0.812. The van der Waals surface area contributed by atoms with Gasteiger partial charge in [-0.25, -0.2) is 0 Å². The van der Waals surface area contributed by atoms with Crippen LogP contribution in [-0.2, 0) is 5.75 Å². The lowest BCUT2D eigenvalue weighted by molar-refractivity contribution is 0.971. The molecule has 0 N–H and O–H groups in total. The first-order chi connectivity index (χ1) is 8.15. The van der Waals surface area contributed by atoms with Gasteiger partial charge in [-0.05, 0) is 49.2 Å². The highest BCUT2D eigenvalue weighted by molar-refractivity contribution is 7.98. The Kier molecular flexibility index (Phi) is 4.02. The van der Waals surface area contributed by atoms with E-state index < -0.39 is 0 Å². The van der Waals surface area contributed by atoms with Gasteiger partial charge in [-0.1, -0.05) is 17.7 Å². The molecule has 0 aliphatic rings. The lowest BCUT2D eigenvalue weighted by Crippen LogP contribution is -1.90. The normalized spacial score (nSPS) is 10.5. The molecule has 4 heteroatoms. The van der Waals surface area contributed by atoms with Crippen LogP contribution < -0.4 is 0 Å². The van der Waals surface area contributed by atoms with Crippen molar-refractivity contribution in [2.45, 2.75) is 24.5 Å². The third kappa shape index (κ3) is 3.45. The number of halogens is 1. The lowest BCUT2D eigenvalue weighted by atomic mass is 10.1. The minimum Gasteiger partial charge on any atom is -0.153 e. The maximum atomic E-state index is 5.69. The molecule has 0 unspecified atom stereocenters. The third-order valence-corrected chi connectivity index (χ3v) is 3.78. The van der Waals surface area contributed by atoms with Crippen molar-refractivity contribution < 1.29 is 0 Å². The fourth-order valence-electron chi connectivity index (χ4n) is 1.38. The van der Waals surface area contributed by atoms with E-state index in [9.17, 15) is 0 Å². The fraction of sp³-hybridized carbons (Fsp3) is 0.231. The second kappa shape index (κ2) is 5.52. The summed E-state index contributed by atoms with van der Waals surface area (Å²) in [6, 6.07) is 10.2. The van der Waals surface area contributed by atoms with Crippen LogP contribution in [0.2, 0.25) is 5.15 Å². The minimum absolute atomic E-state index is 0.435. The van der Waals surface area contributed by atoms with Gasteiger partial charge in [0.15, 0.2) is 5.15 Å². The van der Waals surface area contributed by atoms with Gasteiger partial charge in [0, 0.05) is 10.6 Å². The average molecular weight is 265 g/mol. The maximum Gasteiger partial charge on any atom is 0.151 e. The molecular weight excluding hydrogens is 252 g/mol. The third-order valence-electron chi connectivity index (χ3n) is 2.55. The van der Waals surface area contributed by atoms with Gasteiger partial charge in [0.25, 0.3) is 0 Å². The molecule has 0 aliphatic heterocycles. The minimum atomic E-state index is 0.435. The number of rotatable bonds is 3. The second-order valence-electron chi connectivity index (χ2n) is 3.88. The number of thioether (sulfide) groups is 1. The van der Waals surface area contributed by atoms with Gasteiger partial charge < -0.3 is 0 Å². The Morgan fingerprint density at radius 2 is 1.88 bits per heavy atom. The zero-order valence-corrected chi connectivity index (χ0v) is 11.3. The summed E-state index contributed by atoms with van der Waals surface area (Å²) in [7, 11) is 0. The molecule has 2 nitrogen and oxygen atoms in total. The van der Waals surface area contributed by atoms with Gasteiger partial charge in [-0.15, -0.1) is 16.9 Å². The highest BCUT2D eigenvalue weighted by Crippen LogP contribution is 2.24. The molecule has 0 aliphatic carbocycles. The van der Waals surface area contributed by atoms with Gasteiger partial charge in [0.2, 0.25) is 0 Å². The van der Waals surface area contributed by atoms with Gasteiger partial charge in [0.1, 0.15) is 0 Å². The van der Waals surface area contributed by atoms with Gasteiger partial charge in [-0.3, -0.25) is 0 Å². The smallest absolute Gasteiger partial charge is 0.151 e. The summed E-state index contributed by atoms with van der Waals surface area (Å²) in [5.41, 5.74) is 3.58. The first-order valence-electron chi connectivity index (χ1n) is 5.33. The molecule has 17 heavy (non-hydrogen) atoms. The first kappa shape index (κ1) is 12.4.